The molecule has 1 aromatic carbocycles. The molecule has 0 saturated heterocycles. The first-order chi connectivity index (χ1) is 7.66. The van der Waals surface area contributed by atoms with E-state index in [0.717, 1.165) is 0 Å². The third kappa shape index (κ3) is 3.11. The van der Waals surface area contributed by atoms with Crippen LogP contribution in [0.25, 0.3) is 0 Å². The Morgan fingerprint density at radius 3 is 2.50 bits per heavy atom. The largest absolute Gasteiger partial charge is 0.481 e. The number of aliphatic carboxylic acids is 1. The lowest BCUT2D eigenvalue weighted by atomic mass is 9.92. The molecule has 2 N–H and O–H groups in total. The Morgan fingerprint density at radius 2 is 2.00 bits per heavy atom. The lowest BCUT2D eigenvalue weighted by molar-refractivity contribution is -0.146. The average molecular weight is 218 g/mol. The van der Waals surface area contributed by atoms with Crippen molar-refractivity contribution in [3.63, 3.8) is 0 Å². The highest BCUT2D eigenvalue weighted by Gasteiger charge is 2.26. The van der Waals surface area contributed by atoms with E-state index in [9.17, 15) is 9.90 Å². The molecule has 0 bridgehead atoms. The summed E-state index contributed by atoms with van der Waals surface area (Å²) in [5, 5.41) is 18.9. The summed E-state index contributed by atoms with van der Waals surface area (Å²) in [5.74, 6) is 0.515. The van der Waals surface area contributed by atoms with Gasteiger partial charge in [0.1, 0.15) is 0 Å². The first kappa shape index (κ1) is 12.3. The summed E-state index contributed by atoms with van der Waals surface area (Å²) in [6.07, 6.45) is 4.71. The molecular formula is C13H14O3. The molecule has 3 heteroatoms. The van der Waals surface area contributed by atoms with E-state index < -0.39 is 18.0 Å². The molecule has 2 atom stereocenters. The van der Waals surface area contributed by atoms with Gasteiger partial charge in [0.05, 0.1) is 12.0 Å². The van der Waals surface area contributed by atoms with Gasteiger partial charge in [-0.25, -0.2) is 0 Å². The topological polar surface area (TPSA) is 57.5 Å². The maximum atomic E-state index is 11.0. The van der Waals surface area contributed by atoms with Crippen molar-refractivity contribution >= 4 is 5.97 Å². The molecule has 3 nitrogen and oxygen atoms in total. The molecule has 1 unspecified atom stereocenters. The zero-order valence-corrected chi connectivity index (χ0v) is 8.84. The smallest absolute Gasteiger partial charge is 0.309 e. The Balaban J connectivity index is 2.79. The maximum Gasteiger partial charge on any atom is 0.309 e. The van der Waals surface area contributed by atoms with E-state index in [-0.39, 0.29) is 6.42 Å². The van der Waals surface area contributed by atoms with Crippen LogP contribution in [-0.4, -0.2) is 16.2 Å². The molecule has 0 amide bonds. The maximum absolute atomic E-state index is 11.0. The zero-order chi connectivity index (χ0) is 12.0. The molecule has 0 fully saturated rings. The number of aliphatic hydroxyl groups excluding tert-OH is 1. The van der Waals surface area contributed by atoms with Crippen molar-refractivity contribution in [1.29, 1.82) is 0 Å². The molecule has 0 spiro atoms. The Morgan fingerprint density at radius 1 is 1.38 bits per heavy atom. The van der Waals surface area contributed by atoms with Crippen LogP contribution < -0.4 is 0 Å². The van der Waals surface area contributed by atoms with Crippen molar-refractivity contribution in [1.82, 2.24) is 0 Å². The van der Waals surface area contributed by atoms with Crippen molar-refractivity contribution in [2.45, 2.75) is 18.9 Å². The molecule has 0 saturated carbocycles. The highest BCUT2D eigenvalue weighted by atomic mass is 16.4. The number of hydrogen-bond donors (Lipinski definition) is 2. The van der Waals surface area contributed by atoms with Crippen LogP contribution in [0, 0.1) is 18.3 Å². The van der Waals surface area contributed by atoms with E-state index >= 15 is 0 Å². The third-order valence-electron chi connectivity index (χ3n) is 2.44. The Hall–Kier alpha value is -1.79. The first-order valence-electron chi connectivity index (χ1n) is 5.06. The monoisotopic (exact) mass is 218 g/mol. The number of carbonyl (C=O) groups is 1. The lowest BCUT2D eigenvalue weighted by Crippen LogP contribution is -2.21. The highest BCUT2D eigenvalue weighted by Crippen LogP contribution is 2.25. The van der Waals surface area contributed by atoms with E-state index in [4.69, 9.17) is 11.5 Å². The number of carboxylic acid groups (broad SMARTS) is 1. The molecule has 0 aliphatic heterocycles. The van der Waals surface area contributed by atoms with Gasteiger partial charge in [0.2, 0.25) is 0 Å². The summed E-state index contributed by atoms with van der Waals surface area (Å²) in [6.45, 7) is 0. The van der Waals surface area contributed by atoms with Crippen LogP contribution in [0.3, 0.4) is 0 Å². The van der Waals surface area contributed by atoms with Gasteiger partial charge in [-0.05, 0) is 12.0 Å². The minimum Gasteiger partial charge on any atom is -0.481 e. The molecule has 1 aromatic rings. The van der Waals surface area contributed by atoms with Gasteiger partial charge in [0, 0.05) is 6.42 Å². The van der Waals surface area contributed by atoms with Crippen molar-refractivity contribution in [2.24, 2.45) is 5.92 Å². The Bertz CT molecular complexity index is 378. The summed E-state index contributed by atoms with van der Waals surface area (Å²) in [7, 11) is 0. The second-order valence-corrected chi connectivity index (χ2v) is 3.54. The van der Waals surface area contributed by atoms with Crippen LogP contribution in [0.5, 0.6) is 0 Å². The van der Waals surface area contributed by atoms with Crippen molar-refractivity contribution in [3.05, 3.63) is 35.9 Å². The van der Waals surface area contributed by atoms with Crippen molar-refractivity contribution in [2.75, 3.05) is 0 Å². The van der Waals surface area contributed by atoms with Crippen LogP contribution in [0.4, 0.5) is 0 Å². The minimum absolute atomic E-state index is 0.280. The fraction of sp³-hybridized carbons (Fsp3) is 0.308. The second kappa shape index (κ2) is 5.94. The second-order valence-electron chi connectivity index (χ2n) is 3.54. The van der Waals surface area contributed by atoms with Gasteiger partial charge in [-0.3, -0.25) is 4.79 Å². The number of hydrogen-bond acceptors (Lipinski definition) is 2. The Kier molecular flexibility index (Phi) is 4.56. The number of terminal acetylenes is 1. The molecule has 0 radical (unpaired) electrons. The molecule has 0 aliphatic rings. The first-order valence-corrected chi connectivity index (χ1v) is 5.06. The van der Waals surface area contributed by atoms with Gasteiger partial charge in [0.25, 0.3) is 0 Å². The van der Waals surface area contributed by atoms with Crippen molar-refractivity contribution in [3.8, 4) is 12.3 Å². The van der Waals surface area contributed by atoms with E-state index in [0.29, 0.717) is 12.0 Å². The summed E-state index contributed by atoms with van der Waals surface area (Å²) in [6, 6.07) is 8.75. The summed E-state index contributed by atoms with van der Waals surface area (Å²) >= 11 is 0. The van der Waals surface area contributed by atoms with Crippen LogP contribution in [-0.2, 0) is 4.79 Å². The lowest BCUT2D eigenvalue weighted by Gasteiger charge is -2.18. The van der Waals surface area contributed by atoms with Gasteiger partial charge in [0.15, 0.2) is 0 Å². The van der Waals surface area contributed by atoms with E-state index in [2.05, 4.69) is 5.92 Å². The van der Waals surface area contributed by atoms with Gasteiger partial charge in [-0.1, -0.05) is 30.3 Å². The molecule has 16 heavy (non-hydrogen) atoms. The average Bonchev–Trinajstić information content (AvgIpc) is 2.30. The molecule has 1 rings (SSSR count). The van der Waals surface area contributed by atoms with Crippen LogP contribution in [0.2, 0.25) is 0 Å². The molecule has 0 aliphatic carbocycles. The molecular weight excluding hydrogens is 204 g/mol. The molecule has 84 valence electrons. The van der Waals surface area contributed by atoms with E-state index in [1.807, 2.05) is 6.07 Å². The third-order valence-corrected chi connectivity index (χ3v) is 2.44. The predicted molar refractivity (Wildman–Crippen MR) is 60.6 cm³/mol. The normalized spacial score (nSPS) is 13.8. The summed E-state index contributed by atoms with van der Waals surface area (Å²) < 4.78 is 0. The quantitative estimate of drug-likeness (QED) is 0.741. The van der Waals surface area contributed by atoms with Crippen LogP contribution >= 0.6 is 0 Å². The highest BCUT2D eigenvalue weighted by molar-refractivity contribution is 5.71. The van der Waals surface area contributed by atoms with Crippen molar-refractivity contribution < 1.29 is 15.0 Å². The number of aliphatic hydroxyl groups is 1. The van der Waals surface area contributed by atoms with Gasteiger partial charge >= 0.3 is 5.97 Å². The van der Waals surface area contributed by atoms with Gasteiger partial charge < -0.3 is 10.2 Å². The standard InChI is InChI=1S/C13H14O3/c1-2-3-9-11(13(15)16)12(14)10-7-5-4-6-8-10/h1,4-8,11-12,14H,3,9H2,(H,15,16)/t11-,12?/m1/s1. The van der Waals surface area contributed by atoms with Crippen LogP contribution in [0.15, 0.2) is 30.3 Å². The number of carboxylic acids is 1. The van der Waals surface area contributed by atoms with Crippen LogP contribution in [0.1, 0.15) is 24.5 Å². The number of benzene rings is 1. The van der Waals surface area contributed by atoms with E-state index in [1.54, 1.807) is 24.3 Å². The van der Waals surface area contributed by atoms with E-state index in [1.165, 1.54) is 0 Å². The fourth-order valence-electron chi connectivity index (χ4n) is 1.54. The minimum atomic E-state index is -1.02. The summed E-state index contributed by atoms with van der Waals surface area (Å²) in [4.78, 5) is 11.0. The zero-order valence-electron chi connectivity index (χ0n) is 8.84. The summed E-state index contributed by atoms with van der Waals surface area (Å²) in [5.41, 5.74) is 0.604. The molecule has 0 aromatic heterocycles. The fourth-order valence-corrected chi connectivity index (χ4v) is 1.54. The predicted octanol–water partition coefficient (Wildman–Crippen LogP) is 1.83. The number of rotatable bonds is 5. The SMILES string of the molecule is C#CCC[C@@H](C(=O)O)C(O)c1ccccc1. The Labute approximate surface area is 94.7 Å². The van der Waals surface area contributed by atoms with Gasteiger partial charge in [-0.15, -0.1) is 12.3 Å². The van der Waals surface area contributed by atoms with Gasteiger partial charge in [-0.2, -0.15) is 0 Å². The molecule has 0 heterocycles.